The van der Waals surface area contributed by atoms with Crippen LogP contribution in [0.5, 0.6) is 0 Å². The lowest BCUT2D eigenvalue weighted by molar-refractivity contribution is -0.132. The van der Waals surface area contributed by atoms with Crippen LogP contribution in [0.25, 0.3) is 0 Å². The fourth-order valence-corrected chi connectivity index (χ4v) is 3.46. The Morgan fingerprint density at radius 2 is 1.85 bits per heavy atom. The molecule has 0 aliphatic carbocycles. The highest BCUT2D eigenvalue weighted by Gasteiger charge is 2.46. The van der Waals surface area contributed by atoms with Crippen LogP contribution in [0.4, 0.5) is 16.2 Å². The minimum atomic E-state index is -1.15. The number of hydrogen-bond acceptors (Lipinski definition) is 4. The summed E-state index contributed by atoms with van der Waals surface area (Å²) in [5.41, 5.74) is -0.0925. The predicted molar refractivity (Wildman–Crippen MR) is 100 cm³/mol. The van der Waals surface area contributed by atoms with Crippen molar-refractivity contribution >= 4 is 35.1 Å². The van der Waals surface area contributed by atoms with E-state index in [4.69, 9.17) is 0 Å². The summed E-state index contributed by atoms with van der Waals surface area (Å²) in [5, 5.41) is 5.41. The molecular weight excluding hydrogens is 348 g/mol. The number of para-hydroxylation sites is 2. The molecule has 1 saturated heterocycles. The van der Waals surface area contributed by atoms with Crippen LogP contribution in [0.1, 0.15) is 34.1 Å². The Balaban J connectivity index is 1.86. The van der Waals surface area contributed by atoms with Crippen LogP contribution in [-0.2, 0) is 14.4 Å². The molecule has 27 heavy (non-hydrogen) atoms. The first kappa shape index (κ1) is 18.9. The van der Waals surface area contributed by atoms with Crippen molar-refractivity contribution in [1.29, 1.82) is 0 Å². The first-order valence-electron chi connectivity index (χ1n) is 8.98. The monoisotopic (exact) mass is 372 g/mol. The highest BCUT2D eigenvalue weighted by molar-refractivity contribution is 6.16. The van der Waals surface area contributed by atoms with E-state index in [0.717, 1.165) is 4.90 Å². The van der Waals surface area contributed by atoms with Crippen molar-refractivity contribution in [1.82, 2.24) is 10.2 Å². The van der Waals surface area contributed by atoms with Crippen LogP contribution in [0.2, 0.25) is 0 Å². The molecule has 0 unspecified atom stereocenters. The van der Waals surface area contributed by atoms with Crippen LogP contribution < -0.4 is 15.5 Å². The standard InChI is InChI=1S/C19H24N4O4/c1-11(2)9-13-16(25)22(18(27)21-13)10-15(24)23-14-8-6-5-7-12(14)20-17(26)19(23,3)4/h5-8,11,13H,9-10H2,1-4H3,(H,20,26)(H,21,27)/t13-/m0/s1. The zero-order valence-corrected chi connectivity index (χ0v) is 15.9. The molecule has 1 aromatic rings. The summed E-state index contributed by atoms with van der Waals surface area (Å²) in [6.07, 6.45) is 0.510. The van der Waals surface area contributed by atoms with Gasteiger partial charge in [0.15, 0.2) is 0 Å². The third kappa shape index (κ3) is 3.27. The van der Waals surface area contributed by atoms with Crippen LogP contribution in [0, 0.1) is 5.92 Å². The van der Waals surface area contributed by atoms with Gasteiger partial charge in [0.25, 0.3) is 5.91 Å². The van der Waals surface area contributed by atoms with Crippen molar-refractivity contribution < 1.29 is 19.2 Å². The van der Waals surface area contributed by atoms with Gasteiger partial charge >= 0.3 is 6.03 Å². The molecule has 3 rings (SSSR count). The van der Waals surface area contributed by atoms with Gasteiger partial charge in [-0.15, -0.1) is 0 Å². The number of anilines is 2. The average molecular weight is 372 g/mol. The third-order valence-corrected chi connectivity index (χ3v) is 4.86. The number of rotatable bonds is 4. The second kappa shape index (κ2) is 6.68. The summed E-state index contributed by atoms with van der Waals surface area (Å²) < 4.78 is 0. The summed E-state index contributed by atoms with van der Waals surface area (Å²) in [6, 6.07) is 5.76. The van der Waals surface area contributed by atoms with E-state index in [-0.39, 0.29) is 11.8 Å². The Kier molecular flexibility index (Phi) is 4.67. The molecule has 2 aliphatic rings. The lowest BCUT2D eigenvalue weighted by Crippen LogP contribution is -2.60. The number of amides is 5. The molecule has 2 heterocycles. The van der Waals surface area contributed by atoms with Gasteiger partial charge in [0, 0.05) is 0 Å². The number of benzene rings is 1. The summed E-state index contributed by atoms with van der Waals surface area (Å²) in [7, 11) is 0. The zero-order valence-electron chi connectivity index (χ0n) is 15.9. The second-order valence-corrected chi connectivity index (χ2v) is 7.82. The van der Waals surface area contributed by atoms with Crippen molar-refractivity contribution in [2.24, 2.45) is 5.92 Å². The number of urea groups is 1. The summed E-state index contributed by atoms with van der Waals surface area (Å²) in [4.78, 5) is 52.6. The van der Waals surface area contributed by atoms with Crippen LogP contribution >= 0.6 is 0 Å². The SMILES string of the molecule is CC(C)C[C@@H]1NC(=O)N(CC(=O)N2c3ccccc3NC(=O)C2(C)C)C1=O. The van der Waals surface area contributed by atoms with Gasteiger partial charge in [-0.25, -0.2) is 4.79 Å². The first-order valence-corrected chi connectivity index (χ1v) is 8.98. The van der Waals surface area contributed by atoms with E-state index in [2.05, 4.69) is 10.6 Å². The van der Waals surface area contributed by atoms with Crippen molar-refractivity contribution in [3.05, 3.63) is 24.3 Å². The maximum Gasteiger partial charge on any atom is 0.325 e. The third-order valence-electron chi connectivity index (χ3n) is 4.86. The molecule has 1 aromatic carbocycles. The first-order chi connectivity index (χ1) is 12.6. The number of nitrogens with zero attached hydrogens (tertiary/aromatic N) is 2. The Labute approximate surface area is 157 Å². The van der Waals surface area contributed by atoms with Crippen LogP contribution in [0.15, 0.2) is 24.3 Å². The van der Waals surface area contributed by atoms with Gasteiger partial charge in [0.05, 0.1) is 11.4 Å². The number of nitrogens with one attached hydrogen (secondary N) is 2. The van der Waals surface area contributed by atoms with Gasteiger partial charge in [0.2, 0.25) is 11.8 Å². The topological polar surface area (TPSA) is 98.8 Å². The van der Waals surface area contributed by atoms with E-state index in [1.54, 1.807) is 38.1 Å². The lowest BCUT2D eigenvalue weighted by atomic mass is 9.96. The smallest absolute Gasteiger partial charge is 0.325 e. The number of carbonyl (C=O) groups excluding carboxylic acids is 4. The molecule has 1 fully saturated rings. The molecule has 0 spiro atoms. The van der Waals surface area contributed by atoms with Crippen LogP contribution in [0.3, 0.4) is 0 Å². The number of hydrogen-bond donors (Lipinski definition) is 2. The normalized spacial score (nSPS) is 21.2. The van der Waals surface area contributed by atoms with E-state index in [1.165, 1.54) is 4.90 Å². The van der Waals surface area contributed by atoms with E-state index in [9.17, 15) is 19.2 Å². The van der Waals surface area contributed by atoms with Gasteiger partial charge in [-0.3, -0.25) is 24.2 Å². The Hall–Kier alpha value is -2.90. The van der Waals surface area contributed by atoms with Crippen molar-refractivity contribution in [3.8, 4) is 0 Å². The minimum Gasteiger partial charge on any atom is -0.326 e. The minimum absolute atomic E-state index is 0.228. The summed E-state index contributed by atoms with van der Waals surface area (Å²) >= 11 is 0. The van der Waals surface area contributed by atoms with Crippen molar-refractivity contribution in [2.75, 3.05) is 16.8 Å². The number of fused-ring (bicyclic) bond motifs is 1. The molecular formula is C19H24N4O4. The highest BCUT2D eigenvalue weighted by Crippen LogP contribution is 2.36. The van der Waals surface area contributed by atoms with Crippen molar-refractivity contribution in [3.63, 3.8) is 0 Å². The fraction of sp³-hybridized carbons (Fsp3) is 0.474. The number of imide groups is 1. The molecule has 8 heteroatoms. The number of carbonyl (C=O) groups is 4. The van der Waals surface area contributed by atoms with Gasteiger partial charge in [-0.05, 0) is 38.3 Å². The Morgan fingerprint density at radius 1 is 1.19 bits per heavy atom. The molecule has 2 N–H and O–H groups in total. The van der Waals surface area contributed by atoms with Gasteiger partial charge in [-0.2, -0.15) is 0 Å². The van der Waals surface area contributed by atoms with Crippen molar-refractivity contribution in [2.45, 2.75) is 45.7 Å². The summed E-state index contributed by atoms with van der Waals surface area (Å²) in [5.74, 6) is -0.999. The average Bonchev–Trinajstić information content (AvgIpc) is 2.82. The Morgan fingerprint density at radius 3 is 2.52 bits per heavy atom. The van der Waals surface area contributed by atoms with E-state index < -0.39 is 36.0 Å². The zero-order chi connectivity index (χ0) is 19.9. The maximum absolute atomic E-state index is 13.1. The molecule has 8 nitrogen and oxygen atoms in total. The lowest BCUT2D eigenvalue weighted by Gasteiger charge is -2.42. The predicted octanol–water partition coefficient (Wildman–Crippen LogP) is 1.72. The highest BCUT2D eigenvalue weighted by atomic mass is 16.2. The molecule has 0 radical (unpaired) electrons. The second-order valence-electron chi connectivity index (χ2n) is 7.82. The van der Waals surface area contributed by atoms with E-state index >= 15 is 0 Å². The molecule has 5 amide bonds. The van der Waals surface area contributed by atoms with Gasteiger partial charge < -0.3 is 10.6 Å². The fourth-order valence-electron chi connectivity index (χ4n) is 3.46. The molecule has 0 saturated carbocycles. The van der Waals surface area contributed by atoms with Gasteiger partial charge in [-0.1, -0.05) is 26.0 Å². The van der Waals surface area contributed by atoms with E-state index in [1.807, 2.05) is 13.8 Å². The summed E-state index contributed by atoms with van der Waals surface area (Å²) in [6.45, 7) is 6.76. The molecule has 0 bridgehead atoms. The van der Waals surface area contributed by atoms with Gasteiger partial charge in [0.1, 0.15) is 18.1 Å². The molecule has 0 aromatic heterocycles. The van der Waals surface area contributed by atoms with Crippen LogP contribution in [-0.4, -0.2) is 46.8 Å². The Bertz CT molecular complexity index is 818. The van der Waals surface area contributed by atoms with E-state index in [0.29, 0.717) is 17.8 Å². The maximum atomic E-state index is 13.1. The largest absolute Gasteiger partial charge is 0.326 e. The molecule has 1 atom stereocenters. The quantitative estimate of drug-likeness (QED) is 0.786. The molecule has 144 valence electrons. The molecule has 2 aliphatic heterocycles.